The normalized spacial score (nSPS) is 10.4. The van der Waals surface area contributed by atoms with E-state index in [0.29, 0.717) is 16.7 Å². The van der Waals surface area contributed by atoms with Crippen molar-refractivity contribution in [2.24, 2.45) is 0 Å². The molecule has 1 heterocycles. The first-order valence-electron chi connectivity index (χ1n) is 4.55. The molecule has 1 aromatic carbocycles. The van der Waals surface area contributed by atoms with Crippen molar-refractivity contribution in [1.82, 2.24) is 0 Å². The molecule has 84 valence electrons. The van der Waals surface area contributed by atoms with Crippen molar-refractivity contribution in [3.05, 3.63) is 34.7 Å². The lowest BCUT2D eigenvalue weighted by molar-refractivity contribution is 0.185. The highest BCUT2D eigenvalue weighted by atomic mass is 19.1. The maximum Gasteiger partial charge on any atom is 0.336 e. The molecule has 0 aliphatic rings. The van der Waals surface area contributed by atoms with E-state index in [2.05, 4.69) is 0 Å². The van der Waals surface area contributed by atoms with Gasteiger partial charge < -0.3 is 13.9 Å². The van der Waals surface area contributed by atoms with Gasteiger partial charge in [-0.25, -0.2) is 9.18 Å². The van der Waals surface area contributed by atoms with E-state index in [9.17, 15) is 9.18 Å². The number of hydrogen-bond acceptors (Lipinski definition) is 4. The zero-order valence-electron chi connectivity index (χ0n) is 8.53. The third kappa shape index (κ3) is 1.84. The van der Waals surface area contributed by atoms with Crippen LogP contribution in [0.3, 0.4) is 0 Å². The number of fused-ring (bicyclic) bond motifs is 1. The second-order valence-corrected chi connectivity index (χ2v) is 3.05. The van der Waals surface area contributed by atoms with Crippen LogP contribution in [-0.2, 0) is 0 Å². The van der Waals surface area contributed by atoms with E-state index in [4.69, 9.17) is 13.9 Å². The highest BCUT2D eigenvalue weighted by Gasteiger charge is 2.08. The van der Waals surface area contributed by atoms with Crippen LogP contribution in [0.1, 0.15) is 0 Å². The van der Waals surface area contributed by atoms with Crippen LogP contribution < -0.4 is 15.1 Å². The first-order valence-corrected chi connectivity index (χ1v) is 4.55. The topological polar surface area (TPSA) is 48.7 Å². The van der Waals surface area contributed by atoms with Gasteiger partial charge in [-0.2, -0.15) is 0 Å². The molecule has 0 N–H and O–H groups in total. The molecule has 0 aliphatic carbocycles. The van der Waals surface area contributed by atoms with E-state index in [1.165, 1.54) is 19.2 Å². The van der Waals surface area contributed by atoms with Gasteiger partial charge in [-0.1, -0.05) is 0 Å². The quantitative estimate of drug-likeness (QED) is 0.749. The highest BCUT2D eigenvalue weighted by molar-refractivity contribution is 5.80. The summed E-state index contributed by atoms with van der Waals surface area (Å²) in [5, 5.41) is 0.683. The molecule has 0 aliphatic heterocycles. The Labute approximate surface area is 90.2 Å². The number of rotatable bonds is 3. The number of alkyl halides is 1. The molecule has 0 bridgehead atoms. The van der Waals surface area contributed by atoms with Crippen LogP contribution in [0.15, 0.2) is 33.5 Å². The van der Waals surface area contributed by atoms with Crippen LogP contribution in [0.2, 0.25) is 0 Å². The van der Waals surface area contributed by atoms with Crippen molar-refractivity contribution < 1.29 is 18.3 Å². The lowest BCUT2D eigenvalue weighted by Gasteiger charge is -2.08. The molecule has 0 amide bonds. The molecule has 0 atom stereocenters. The highest BCUT2D eigenvalue weighted by Crippen LogP contribution is 2.31. The van der Waals surface area contributed by atoms with E-state index in [1.54, 1.807) is 12.1 Å². The number of methoxy groups -OCH3 is 1. The van der Waals surface area contributed by atoms with Crippen LogP contribution in [0.5, 0.6) is 11.5 Å². The smallest absolute Gasteiger partial charge is 0.336 e. The van der Waals surface area contributed by atoms with E-state index in [-0.39, 0.29) is 5.75 Å². The Morgan fingerprint density at radius 1 is 1.31 bits per heavy atom. The molecule has 0 fully saturated rings. The largest absolute Gasteiger partial charge is 0.493 e. The van der Waals surface area contributed by atoms with Crippen molar-refractivity contribution in [2.45, 2.75) is 0 Å². The summed E-state index contributed by atoms with van der Waals surface area (Å²) in [5.41, 5.74) is -0.138. The van der Waals surface area contributed by atoms with Gasteiger partial charge in [0.15, 0.2) is 11.5 Å². The molecular formula is C11H9FO4. The number of hydrogen-bond donors (Lipinski definition) is 0. The summed E-state index contributed by atoms with van der Waals surface area (Å²) in [5.74, 6) is 0.589. The Hall–Kier alpha value is -2.04. The Kier molecular flexibility index (Phi) is 2.76. The average molecular weight is 224 g/mol. The fourth-order valence-electron chi connectivity index (χ4n) is 1.41. The molecule has 0 spiro atoms. The van der Waals surface area contributed by atoms with Gasteiger partial charge in [0, 0.05) is 17.5 Å². The Morgan fingerprint density at radius 3 is 2.81 bits per heavy atom. The molecule has 0 saturated heterocycles. The van der Waals surface area contributed by atoms with Crippen LogP contribution in [-0.4, -0.2) is 14.0 Å². The second kappa shape index (κ2) is 4.22. The summed E-state index contributed by atoms with van der Waals surface area (Å²) in [7, 11) is 1.45. The van der Waals surface area contributed by atoms with Crippen LogP contribution in [0.4, 0.5) is 4.39 Å². The first-order chi connectivity index (χ1) is 7.74. The number of halogens is 1. The molecule has 0 saturated carbocycles. The minimum Gasteiger partial charge on any atom is -0.493 e. The fourth-order valence-corrected chi connectivity index (χ4v) is 1.41. The molecule has 2 rings (SSSR count). The van der Waals surface area contributed by atoms with Crippen molar-refractivity contribution in [3.63, 3.8) is 0 Å². The van der Waals surface area contributed by atoms with Gasteiger partial charge in [0.2, 0.25) is 6.86 Å². The van der Waals surface area contributed by atoms with Crippen LogP contribution >= 0.6 is 0 Å². The summed E-state index contributed by atoms with van der Waals surface area (Å²) in [4.78, 5) is 11.0. The molecule has 16 heavy (non-hydrogen) atoms. The first kappa shape index (κ1) is 10.5. The minimum atomic E-state index is -0.973. The molecular weight excluding hydrogens is 215 g/mol. The zero-order chi connectivity index (χ0) is 11.5. The molecule has 4 nitrogen and oxygen atoms in total. The Bertz CT molecular complexity index is 561. The summed E-state index contributed by atoms with van der Waals surface area (Å²) < 4.78 is 26.8. The van der Waals surface area contributed by atoms with Crippen molar-refractivity contribution in [1.29, 1.82) is 0 Å². The van der Waals surface area contributed by atoms with Crippen LogP contribution in [0.25, 0.3) is 11.0 Å². The number of ether oxygens (including phenoxy) is 2. The van der Waals surface area contributed by atoms with E-state index in [1.807, 2.05) is 0 Å². The third-order valence-electron chi connectivity index (χ3n) is 2.12. The van der Waals surface area contributed by atoms with Gasteiger partial charge in [0.05, 0.1) is 7.11 Å². The van der Waals surface area contributed by atoms with E-state index < -0.39 is 12.5 Å². The van der Waals surface area contributed by atoms with Crippen molar-refractivity contribution >= 4 is 11.0 Å². The summed E-state index contributed by atoms with van der Waals surface area (Å²) in [6.45, 7) is -0.973. The van der Waals surface area contributed by atoms with Crippen LogP contribution in [0, 0.1) is 0 Å². The Balaban J connectivity index is 2.65. The molecule has 0 unspecified atom stereocenters. The molecule has 2 aromatic rings. The maximum absolute atomic E-state index is 12.1. The minimum absolute atomic E-state index is 0.201. The summed E-state index contributed by atoms with van der Waals surface area (Å²) in [6.07, 6.45) is 0. The summed E-state index contributed by atoms with van der Waals surface area (Å²) in [6, 6.07) is 5.94. The van der Waals surface area contributed by atoms with Crippen molar-refractivity contribution in [3.8, 4) is 11.5 Å². The predicted octanol–water partition coefficient (Wildman–Crippen LogP) is 2.11. The van der Waals surface area contributed by atoms with Gasteiger partial charge in [-0.15, -0.1) is 0 Å². The van der Waals surface area contributed by atoms with Gasteiger partial charge in [-0.05, 0) is 12.1 Å². The molecule has 5 heteroatoms. The monoisotopic (exact) mass is 224 g/mol. The average Bonchev–Trinajstić information content (AvgIpc) is 2.28. The van der Waals surface area contributed by atoms with Gasteiger partial charge in [-0.3, -0.25) is 0 Å². The predicted molar refractivity (Wildman–Crippen MR) is 55.6 cm³/mol. The fraction of sp³-hybridized carbons (Fsp3) is 0.182. The molecule has 0 radical (unpaired) electrons. The SMILES string of the molecule is COc1cc2ccc(=O)oc2cc1OCF. The lowest BCUT2D eigenvalue weighted by Crippen LogP contribution is -1.97. The van der Waals surface area contributed by atoms with E-state index >= 15 is 0 Å². The third-order valence-corrected chi connectivity index (χ3v) is 2.12. The maximum atomic E-state index is 12.1. The summed E-state index contributed by atoms with van der Waals surface area (Å²) >= 11 is 0. The Morgan fingerprint density at radius 2 is 2.12 bits per heavy atom. The number of benzene rings is 1. The van der Waals surface area contributed by atoms with Gasteiger partial charge >= 0.3 is 5.63 Å². The zero-order valence-corrected chi connectivity index (χ0v) is 8.53. The van der Waals surface area contributed by atoms with Gasteiger partial charge in [0.25, 0.3) is 0 Å². The van der Waals surface area contributed by atoms with Gasteiger partial charge in [0.1, 0.15) is 5.58 Å². The standard InChI is InChI=1S/C11H9FO4/c1-14-9-4-7-2-3-11(13)16-8(7)5-10(9)15-6-12/h2-5H,6H2,1H3. The second-order valence-electron chi connectivity index (χ2n) is 3.05. The lowest BCUT2D eigenvalue weighted by atomic mass is 10.2. The van der Waals surface area contributed by atoms with Crippen molar-refractivity contribution in [2.75, 3.05) is 14.0 Å². The van der Waals surface area contributed by atoms with E-state index in [0.717, 1.165) is 0 Å². The molecule has 1 aromatic heterocycles.